The molecular formula is C13H14ClN3O. The van der Waals surface area contributed by atoms with Crippen LogP contribution in [0.15, 0.2) is 43.0 Å². The first-order valence-corrected chi connectivity index (χ1v) is 5.97. The van der Waals surface area contributed by atoms with Crippen LogP contribution in [-0.2, 0) is 0 Å². The Morgan fingerprint density at radius 2 is 2.11 bits per heavy atom. The van der Waals surface area contributed by atoms with Gasteiger partial charge in [-0.05, 0) is 13.0 Å². The minimum atomic E-state index is -0.279. The molecule has 2 rings (SSSR count). The second kappa shape index (κ2) is 5.80. The molecule has 0 radical (unpaired) electrons. The molecular weight excluding hydrogens is 250 g/mol. The van der Waals surface area contributed by atoms with Gasteiger partial charge in [-0.25, -0.2) is 0 Å². The first-order chi connectivity index (χ1) is 8.66. The Bertz CT molecular complexity index is 505. The predicted molar refractivity (Wildman–Crippen MR) is 70.5 cm³/mol. The van der Waals surface area contributed by atoms with E-state index in [1.54, 1.807) is 30.9 Å². The highest BCUT2D eigenvalue weighted by Crippen LogP contribution is 2.24. The van der Waals surface area contributed by atoms with Crippen molar-refractivity contribution in [1.82, 2.24) is 9.97 Å². The van der Waals surface area contributed by atoms with E-state index in [1.165, 1.54) is 0 Å². The number of hydrogen-bond donors (Lipinski definition) is 1. The summed E-state index contributed by atoms with van der Waals surface area (Å²) in [5.74, 6) is 0.591. The maximum atomic E-state index is 5.95. The molecule has 0 amide bonds. The van der Waals surface area contributed by atoms with E-state index < -0.39 is 0 Å². The summed E-state index contributed by atoms with van der Waals surface area (Å²) in [6.07, 6.45) is 6.34. The van der Waals surface area contributed by atoms with Crippen molar-refractivity contribution in [3.63, 3.8) is 0 Å². The summed E-state index contributed by atoms with van der Waals surface area (Å²) in [5.41, 5.74) is 6.87. The van der Waals surface area contributed by atoms with Gasteiger partial charge in [0, 0.05) is 36.3 Å². The maximum absolute atomic E-state index is 5.95. The molecule has 5 heteroatoms. The Labute approximate surface area is 111 Å². The molecule has 2 heterocycles. The molecule has 0 fully saturated rings. The molecule has 0 aliphatic heterocycles. The van der Waals surface area contributed by atoms with Gasteiger partial charge >= 0.3 is 0 Å². The largest absolute Gasteiger partial charge is 0.482 e. The zero-order chi connectivity index (χ0) is 13.0. The van der Waals surface area contributed by atoms with Gasteiger partial charge < -0.3 is 10.5 Å². The van der Waals surface area contributed by atoms with Gasteiger partial charge in [0.1, 0.15) is 11.9 Å². The van der Waals surface area contributed by atoms with Crippen molar-refractivity contribution in [3.05, 3.63) is 53.6 Å². The SMILES string of the molecule is CC(N)C(Oc1cncc(Cl)c1)c1cccnc1. The Morgan fingerprint density at radius 1 is 1.28 bits per heavy atom. The summed E-state index contributed by atoms with van der Waals surface area (Å²) >= 11 is 5.87. The van der Waals surface area contributed by atoms with E-state index in [2.05, 4.69) is 9.97 Å². The Kier molecular flexibility index (Phi) is 4.12. The number of ether oxygens (including phenoxy) is 1. The molecule has 0 spiro atoms. The van der Waals surface area contributed by atoms with Crippen LogP contribution in [0, 0.1) is 0 Å². The molecule has 0 bridgehead atoms. The molecule has 2 N–H and O–H groups in total. The third-order valence-corrected chi connectivity index (χ3v) is 2.64. The van der Waals surface area contributed by atoms with Crippen LogP contribution in [0.3, 0.4) is 0 Å². The number of hydrogen-bond acceptors (Lipinski definition) is 4. The van der Waals surface area contributed by atoms with Crippen molar-refractivity contribution < 1.29 is 4.74 Å². The zero-order valence-corrected chi connectivity index (χ0v) is 10.7. The van der Waals surface area contributed by atoms with Crippen molar-refractivity contribution in [2.75, 3.05) is 0 Å². The summed E-state index contributed by atoms with van der Waals surface area (Å²) in [5, 5.41) is 0.530. The lowest BCUT2D eigenvalue weighted by atomic mass is 10.1. The van der Waals surface area contributed by atoms with Crippen molar-refractivity contribution >= 4 is 11.6 Å². The molecule has 0 aromatic carbocycles. The van der Waals surface area contributed by atoms with Crippen molar-refractivity contribution in [2.24, 2.45) is 5.73 Å². The summed E-state index contributed by atoms with van der Waals surface area (Å²) in [7, 11) is 0. The molecule has 4 nitrogen and oxygen atoms in total. The highest BCUT2D eigenvalue weighted by atomic mass is 35.5. The Balaban J connectivity index is 2.22. The Hall–Kier alpha value is -1.65. The van der Waals surface area contributed by atoms with E-state index in [9.17, 15) is 0 Å². The average molecular weight is 264 g/mol. The number of rotatable bonds is 4. The van der Waals surface area contributed by atoms with Gasteiger partial charge in [0.15, 0.2) is 0 Å². The van der Waals surface area contributed by atoms with Gasteiger partial charge in [0.2, 0.25) is 0 Å². The van der Waals surface area contributed by atoms with E-state index in [4.69, 9.17) is 22.1 Å². The second-order valence-corrected chi connectivity index (χ2v) is 4.46. The fourth-order valence-electron chi connectivity index (χ4n) is 1.63. The van der Waals surface area contributed by atoms with E-state index in [-0.39, 0.29) is 12.1 Å². The van der Waals surface area contributed by atoms with Gasteiger partial charge in [0.25, 0.3) is 0 Å². The van der Waals surface area contributed by atoms with Crippen LogP contribution in [0.2, 0.25) is 5.02 Å². The zero-order valence-electron chi connectivity index (χ0n) is 9.95. The van der Waals surface area contributed by atoms with Crippen LogP contribution in [0.25, 0.3) is 0 Å². The topological polar surface area (TPSA) is 61.0 Å². The summed E-state index contributed by atoms with van der Waals surface area (Å²) in [4.78, 5) is 8.05. The lowest BCUT2D eigenvalue weighted by Crippen LogP contribution is -2.29. The quantitative estimate of drug-likeness (QED) is 0.921. The number of pyridine rings is 2. The number of halogens is 1. The minimum Gasteiger partial charge on any atom is -0.482 e. The molecule has 0 aliphatic rings. The Morgan fingerprint density at radius 3 is 2.72 bits per heavy atom. The standard InChI is InChI=1S/C13H14ClN3O/c1-9(15)13(10-3-2-4-16-6-10)18-12-5-11(14)7-17-8-12/h2-9,13H,15H2,1H3. The number of aromatic nitrogens is 2. The highest BCUT2D eigenvalue weighted by molar-refractivity contribution is 6.30. The first kappa shape index (κ1) is 12.8. The van der Waals surface area contributed by atoms with E-state index in [1.807, 2.05) is 19.1 Å². The van der Waals surface area contributed by atoms with Crippen LogP contribution in [-0.4, -0.2) is 16.0 Å². The van der Waals surface area contributed by atoms with Crippen LogP contribution >= 0.6 is 11.6 Å². The summed E-state index contributed by atoms with van der Waals surface area (Å²) in [6, 6.07) is 5.32. The molecule has 2 aromatic rings. The van der Waals surface area contributed by atoms with Crippen LogP contribution < -0.4 is 10.5 Å². The van der Waals surface area contributed by atoms with Gasteiger partial charge in [-0.1, -0.05) is 17.7 Å². The average Bonchev–Trinajstić information content (AvgIpc) is 2.37. The third-order valence-electron chi connectivity index (χ3n) is 2.43. The van der Waals surface area contributed by atoms with E-state index in [0.29, 0.717) is 10.8 Å². The minimum absolute atomic E-state index is 0.173. The van der Waals surface area contributed by atoms with Crippen molar-refractivity contribution in [3.8, 4) is 5.75 Å². The fourth-order valence-corrected chi connectivity index (χ4v) is 1.79. The van der Waals surface area contributed by atoms with Gasteiger partial charge in [-0.3, -0.25) is 9.97 Å². The monoisotopic (exact) mass is 263 g/mol. The van der Waals surface area contributed by atoms with Crippen molar-refractivity contribution in [1.29, 1.82) is 0 Å². The van der Waals surface area contributed by atoms with Crippen molar-refractivity contribution in [2.45, 2.75) is 19.1 Å². The summed E-state index contributed by atoms with van der Waals surface area (Å²) < 4.78 is 5.83. The lowest BCUT2D eigenvalue weighted by Gasteiger charge is -2.22. The van der Waals surface area contributed by atoms with Gasteiger partial charge in [-0.15, -0.1) is 0 Å². The molecule has 0 aliphatic carbocycles. The molecule has 18 heavy (non-hydrogen) atoms. The molecule has 0 saturated carbocycles. The van der Waals surface area contributed by atoms with Gasteiger partial charge in [0.05, 0.1) is 11.2 Å². The molecule has 2 unspecified atom stereocenters. The smallest absolute Gasteiger partial charge is 0.140 e. The molecule has 94 valence electrons. The predicted octanol–water partition coefficient (Wildman–Crippen LogP) is 2.60. The van der Waals surface area contributed by atoms with Crippen LogP contribution in [0.1, 0.15) is 18.6 Å². The van der Waals surface area contributed by atoms with Crippen LogP contribution in [0.4, 0.5) is 0 Å². The first-order valence-electron chi connectivity index (χ1n) is 5.59. The maximum Gasteiger partial charge on any atom is 0.140 e. The summed E-state index contributed by atoms with van der Waals surface area (Å²) in [6.45, 7) is 1.88. The van der Waals surface area contributed by atoms with Gasteiger partial charge in [-0.2, -0.15) is 0 Å². The number of nitrogens with two attached hydrogens (primary N) is 1. The van der Waals surface area contributed by atoms with E-state index >= 15 is 0 Å². The molecule has 2 atom stereocenters. The molecule has 2 aromatic heterocycles. The number of nitrogens with zero attached hydrogens (tertiary/aromatic N) is 2. The van der Waals surface area contributed by atoms with E-state index in [0.717, 1.165) is 5.56 Å². The van der Waals surface area contributed by atoms with Crippen LogP contribution in [0.5, 0.6) is 5.75 Å². The third kappa shape index (κ3) is 3.18. The second-order valence-electron chi connectivity index (χ2n) is 4.02. The lowest BCUT2D eigenvalue weighted by molar-refractivity contribution is 0.179. The fraction of sp³-hybridized carbons (Fsp3) is 0.231. The highest BCUT2D eigenvalue weighted by Gasteiger charge is 2.18. The normalized spacial score (nSPS) is 13.9. The molecule has 0 saturated heterocycles.